The van der Waals surface area contributed by atoms with Crippen LogP contribution < -0.4 is 10.6 Å². The van der Waals surface area contributed by atoms with Crippen LogP contribution >= 0.6 is 34.9 Å². The number of β-lactam (4-membered cyclic amide) rings is 1. The number of nitrogens with zero attached hydrogens (tertiary/aromatic N) is 5. The molecule has 8 aromatic carbocycles. The van der Waals surface area contributed by atoms with E-state index in [-0.39, 0.29) is 28.0 Å². The number of esters is 1. The van der Waals surface area contributed by atoms with Crippen LogP contribution in [0.4, 0.5) is 9.93 Å². The first kappa shape index (κ1) is 61.7. The molecule has 456 valence electrons. The second-order valence-corrected chi connectivity index (χ2v) is 27.1. The molecule has 10 aromatic rings. The van der Waals surface area contributed by atoms with Gasteiger partial charge in [-0.2, -0.15) is 0 Å². The monoisotopic (exact) mass is 1280 g/mol. The van der Waals surface area contributed by atoms with Crippen LogP contribution in [0.25, 0.3) is 0 Å². The predicted octanol–water partition coefficient (Wildman–Crippen LogP) is 13.2. The summed E-state index contributed by atoms with van der Waals surface area (Å²) >= 11 is 1.61. The highest BCUT2D eigenvalue weighted by atomic mass is 32.2. The van der Waals surface area contributed by atoms with Crippen molar-refractivity contribution in [3.05, 3.63) is 315 Å². The third kappa shape index (κ3) is 13.0. The van der Waals surface area contributed by atoms with Gasteiger partial charge in [-0.15, -0.1) is 28.2 Å². The van der Waals surface area contributed by atoms with Crippen LogP contribution in [-0.2, 0) is 50.9 Å². The van der Waals surface area contributed by atoms with Gasteiger partial charge in [0, 0.05) is 22.1 Å². The number of benzene rings is 8. The molecule has 16 nitrogen and oxygen atoms in total. The van der Waals surface area contributed by atoms with Gasteiger partial charge in [0.15, 0.2) is 23.0 Å². The average Bonchev–Trinajstić information content (AvgIpc) is 0.782. The van der Waals surface area contributed by atoms with Gasteiger partial charge in [-0.1, -0.05) is 260 Å². The lowest BCUT2D eigenvalue weighted by molar-refractivity contribution is -0.154. The van der Waals surface area contributed by atoms with Crippen LogP contribution in [0.3, 0.4) is 0 Å². The molecule has 4 atom stereocenters. The molecule has 2 unspecified atom stereocenters. The second kappa shape index (κ2) is 27.3. The summed E-state index contributed by atoms with van der Waals surface area (Å²) in [5.74, 6) is -2.80. The van der Waals surface area contributed by atoms with Crippen molar-refractivity contribution in [2.24, 2.45) is 5.16 Å². The number of thioether (sulfide) groups is 2. The number of hydrogen-bond donors (Lipinski definition) is 3. The van der Waals surface area contributed by atoms with Crippen molar-refractivity contribution in [2.45, 2.75) is 64.6 Å². The number of H-pyrrole nitrogens is 1. The van der Waals surface area contributed by atoms with Crippen molar-refractivity contribution in [2.75, 3.05) is 11.1 Å². The number of ether oxygens (including phenoxy) is 2. The van der Waals surface area contributed by atoms with Crippen LogP contribution in [0.2, 0.25) is 0 Å². The maximum atomic E-state index is 15.9. The Hall–Kier alpha value is -9.57. The van der Waals surface area contributed by atoms with E-state index in [1.54, 1.807) is 20.8 Å². The highest BCUT2D eigenvalue weighted by molar-refractivity contribution is 8.19. The number of thiazole rings is 1. The first-order valence-corrected chi connectivity index (χ1v) is 33.1. The summed E-state index contributed by atoms with van der Waals surface area (Å²) in [4.78, 5) is 77.7. The lowest BCUT2D eigenvalue weighted by atomic mass is 9.70. The first-order chi connectivity index (χ1) is 44.3. The molecule has 0 radical (unpaired) electrons. The molecule has 1 fully saturated rings. The molecule has 2 aromatic heterocycles. The van der Waals surface area contributed by atoms with E-state index in [1.165, 1.54) is 40.1 Å². The number of hydrogen-bond acceptors (Lipinski definition) is 15. The van der Waals surface area contributed by atoms with E-state index in [0.29, 0.717) is 37.9 Å². The maximum Gasteiger partial charge on any atom is 0.413 e. The third-order valence-corrected chi connectivity index (χ3v) is 20.6. The Balaban J connectivity index is 0.979. The van der Waals surface area contributed by atoms with Gasteiger partial charge < -0.3 is 24.2 Å². The minimum Gasteiger partial charge on any atom is -0.614 e. The molecule has 0 bridgehead atoms. The smallest absolute Gasteiger partial charge is 0.413 e. The minimum atomic E-state index is -2.01. The Morgan fingerprint density at radius 2 is 1.13 bits per heavy atom. The van der Waals surface area contributed by atoms with Crippen molar-refractivity contribution < 1.29 is 38.0 Å². The van der Waals surface area contributed by atoms with E-state index in [9.17, 15) is 4.79 Å². The average molecular weight is 1280 g/mol. The van der Waals surface area contributed by atoms with Crippen molar-refractivity contribution in [1.82, 2.24) is 30.4 Å². The zero-order valence-corrected chi connectivity index (χ0v) is 52.7. The normalized spacial score (nSPS) is 16.3. The number of carbonyl (C=O) groups excluding carboxylic acids is 4. The van der Waals surface area contributed by atoms with Crippen molar-refractivity contribution >= 4 is 80.8 Å². The number of carbonyl (C=O) groups is 4. The van der Waals surface area contributed by atoms with Gasteiger partial charge in [-0.3, -0.25) is 24.9 Å². The van der Waals surface area contributed by atoms with Crippen LogP contribution in [0, 0.1) is 0 Å². The SMILES string of the molecule is CC(C)(C)OC(=O)Nc1nc(/C(=N/OC(c2ccccc2)(c2ccccc2)c2ccccc2)C(=O)N[C@@H]2C(=O)N3C(C(=O)OC(c4ccccc4)c4ccccc4)=C(SC(Sc4nc[nH]n4)C(c4ccccc4)(c4ccccc4)c4ccccc4)C[S+]([O-])[C@H]23)cs1. The van der Waals surface area contributed by atoms with Gasteiger partial charge in [0.25, 0.3) is 11.8 Å². The molecule has 1 saturated heterocycles. The van der Waals surface area contributed by atoms with E-state index >= 15 is 18.9 Å². The van der Waals surface area contributed by atoms with E-state index in [0.717, 1.165) is 28.0 Å². The molecule has 0 aliphatic carbocycles. The Labute approximate surface area is 541 Å². The third-order valence-electron chi connectivity index (χ3n) is 15.3. The Kier molecular flexibility index (Phi) is 18.5. The molecule has 3 N–H and O–H groups in total. The fourth-order valence-electron chi connectivity index (χ4n) is 11.3. The van der Waals surface area contributed by atoms with E-state index in [1.807, 2.05) is 206 Å². The Bertz CT molecular complexity index is 3960. The summed E-state index contributed by atoms with van der Waals surface area (Å²) in [6.07, 6.45) is -0.246. The highest BCUT2D eigenvalue weighted by Crippen LogP contribution is 2.56. The van der Waals surface area contributed by atoms with Gasteiger partial charge in [0.1, 0.15) is 29.1 Å². The molecular weight excluding hydrogens is 1220 g/mol. The minimum absolute atomic E-state index is 0.0329. The number of amides is 3. The van der Waals surface area contributed by atoms with Gasteiger partial charge in [-0.05, 0) is 59.8 Å². The van der Waals surface area contributed by atoms with Gasteiger partial charge in [0.05, 0.1) is 14.9 Å². The standard InChI is InChI=1S/C71H60N8O8S4/c1-69(2,3)86-68(83)76-67-74-55(44-88-67)57(78-87-71(52-38-22-9-23-39-52,53-40-24-10-25-41-53)54-42-26-11-27-43-54)61(80)75-58-62(81)79-59(64(82)85-60(47-28-12-4-13-29-47)48-30-14-5-15-31-48)56(45-91(84)63(58)79)89-65(90-66-72-46-73-77-66)70(49-32-16-6-17-33-49,50-34-18-7-19-35-50)51-36-20-8-21-37-51/h4-44,46,58,60,63,65H,45H2,1-3H3,(H,75,80)(H,72,73,77)(H,74,76,83)/b78-57-/t58-,63-,65?,91?/m1/s1. The molecule has 0 spiro atoms. The fourth-order valence-corrected chi connectivity index (χ4v) is 17.0. The predicted molar refractivity (Wildman–Crippen MR) is 355 cm³/mol. The molecule has 2 aliphatic rings. The van der Waals surface area contributed by atoms with E-state index in [4.69, 9.17) is 19.5 Å². The summed E-state index contributed by atoms with van der Waals surface area (Å²) < 4.78 is 27.1. The second-order valence-electron chi connectivity index (χ2n) is 22.2. The van der Waals surface area contributed by atoms with Crippen molar-refractivity contribution in [1.29, 1.82) is 0 Å². The molecule has 12 rings (SSSR count). The van der Waals surface area contributed by atoms with Gasteiger partial charge >= 0.3 is 12.1 Å². The number of oxime groups is 1. The van der Waals surface area contributed by atoms with Gasteiger partial charge in [0.2, 0.25) is 16.1 Å². The maximum absolute atomic E-state index is 15.9. The zero-order chi connectivity index (χ0) is 63.0. The van der Waals surface area contributed by atoms with Crippen LogP contribution in [0.1, 0.15) is 77.1 Å². The van der Waals surface area contributed by atoms with Crippen LogP contribution in [0.15, 0.2) is 275 Å². The molecule has 91 heavy (non-hydrogen) atoms. The number of rotatable bonds is 21. The number of anilines is 1. The lowest BCUT2D eigenvalue weighted by Gasteiger charge is -2.50. The summed E-state index contributed by atoms with van der Waals surface area (Å²) in [7, 11) is 0. The fraction of sp³-hybridized carbons (Fsp3) is 0.155. The number of fused-ring (bicyclic) bond motifs is 1. The van der Waals surface area contributed by atoms with E-state index < -0.39 is 73.8 Å². The first-order valence-electron chi connectivity index (χ1n) is 29.1. The Morgan fingerprint density at radius 3 is 1.58 bits per heavy atom. The van der Waals surface area contributed by atoms with E-state index in [2.05, 4.69) is 67.2 Å². The topological polar surface area (TPSA) is 213 Å². The molecular formula is C71H60N8O8S4. The van der Waals surface area contributed by atoms with Crippen LogP contribution in [-0.4, -0.2) is 86.6 Å². The molecule has 3 amide bonds. The molecule has 20 heteroatoms. The van der Waals surface area contributed by atoms with Gasteiger partial charge in [-0.25, -0.2) is 19.6 Å². The van der Waals surface area contributed by atoms with Crippen molar-refractivity contribution in [3.8, 4) is 0 Å². The summed E-state index contributed by atoms with van der Waals surface area (Å²) in [6, 6.07) is 75.3. The Morgan fingerprint density at radius 1 is 0.670 bits per heavy atom. The summed E-state index contributed by atoms with van der Waals surface area (Å²) in [5.41, 5.74) is 2.08. The van der Waals surface area contributed by atoms with Crippen LogP contribution in [0.5, 0.6) is 0 Å². The number of nitrogens with one attached hydrogen (secondary N) is 3. The quantitative estimate of drug-likeness (QED) is 0.00894. The molecule has 4 heterocycles. The molecule has 0 saturated carbocycles. The highest BCUT2D eigenvalue weighted by Gasteiger charge is 2.62. The number of aromatic nitrogens is 4. The van der Waals surface area contributed by atoms with Crippen molar-refractivity contribution in [3.63, 3.8) is 0 Å². The summed E-state index contributed by atoms with van der Waals surface area (Å²) in [5, 5.41) is 18.3. The molecule has 2 aliphatic heterocycles. The largest absolute Gasteiger partial charge is 0.614 e. The zero-order valence-electron chi connectivity index (χ0n) is 49.4. The summed E-state index contributed by atoms with van der Waals surface area (Å²) in [6.45, 7) is 5.18. The lowest BCUT2D eigenvalue weighted by Crippen LogP contribution is -2.75. The number of aromatic amines is 1.